The molecule has 9 heteroatoms. The lowest BCUT2D eigenvalue weighted by molar-refractivity contribution is 0.114. The maximum Gasteiger partial charge on any atom is 0.191 e. The molecule has 1 saturated heterocycles. The molecular formula is C20H31IN6OS. The fraction of sp³-hybridized carbons (Fsp3) is 0.550. The van der Waals surface area contributed by atoms with Crippen molar-refractivity contribution in [1.82, 2.24) is 25.4 Å². The first kappa shape index (κ1) is 23.9. The van der Waals surface area contributed by atoms with Crippen molar-refractivity contribution >= 4 is 41.7 Å². The predicted octanol–water partition coefficient (Wildman–Crippen LogP) is 3.14. The van der Waals surface area contributed by atoms with Gasteiger partial charge in [-0.1, -0.05) is 25.1 Å². The quantitative estimate of drug-likeness (QED) is 0.237. The molecule has 29 heavy (non-hydrogen) atoms. The Kier molecular flexibility index (Phi) is 10.2. The highest BCUT2D eigenvalue weighted by atomic mass is 127. The molecule has 1 fully saturated rings. The maximum atomic E-state index is 5.72. The molecule has 0 amide bonds. The lowest BCUT2D eigenvalue weighted by Gasteiger charge is -2.18. The van der Waals surface area contributed by atoms with E-state index in [-0.39, 0.29) is 30.1 Å². The Morgan fingerprint density at radius 2 is 2.10 bits per heavy atom. The molecule has 2 N–H and O–H groups in total. The number of aromatic nitrogens is 3. The molecule has 0 bridgehead atoms. The minimum atomic E-state index is 0. The van der Waals surface area contributed by atoms with Gasteiger partial charge < -0.3 is 19.9 Å². The first-order chi connectivity index (χ1) is 13.6. The van der Waals surface area contributed by atoms with Crippen molar-refractivity contribution in [3.8, 4) is 0 Å². The van der Waals surface area contributed by atoms with Gasteiger partial charge in [-0.05, 0) is 31.9 Å². The number of nitrogens with one attached hydrogen (secondary N) is 2. The molecule has 1 aliphatic heterocycles. The van der Waals surface area contributed by atoms with Gasteiger partial charge in [-0.3, -0.25) is 0 Å². The summed E-state index contributed by atoms with van der Waals surface area (Å²) in [6.45, 7) is 7.08. The number of benzene rings is 1. The zero-order valence-corrected chi connectivity index (χ0v) is 20.4. The van der Waals surface area contributed by atoms with Gasteiger partial charge in [0.25, 0.3) is 0 Å². The number of halogens is 1. The number of guanidine groups is 1. The van der Waals surface area contributed by atoms with Crippen molar-refractivity contribution in [3.63, 3.8) is 0 Å². The fourth-order valence-corrected chi connectivity index (χ4v) is 3.89. The Hall–Kier alpha value is -1.33. The van der Waals surface area contributed by atoms with Crippen LogP contribution in [0.3, 0.4) is 0 Å². The van der Waals surface area contributed by atoms with Crippen LogP contribution >= 0.6 is 35.7 Å². The summed E-state index contributed by atoms with van der Waals surface area (Å²) in [6, 6.07) is 10.5. The molecule has 2 heterocycles. The molecule has 160 valence electrons. The Labute approximate surface area is 194 Å². The average molecular weight is 530 g/mol. The highest BCUT2D eigenvalue weighted by molar-refractivity contribution is 14.0. The number of aryl methyl sites for hydroxylation is 1. The van der Waals surface area contributed by atoms with Crippen LogP contribution < -0.4 is 10.6 Å². The summed E-state index contributed by atoms with van der Waals surface area (Å²) in [4.78, 5) is 5.99. The van der Waals surface area contributed by atoms with Gasteiger partial charge in [-0.15, -0.1) is 45.9 Å². The molecule has 7 nitrogen and oxygen atoms in total. The average Bonchev–Trinajstić information content (AvgIpc) is 3.33. The van der Waals surface area contributed by atoms with Gasteiger partial charge in [0.05, 0.1) is 6.10 Å². The van der Waals surface area contributed by atoms with Gasteiger partial charge in [0, 0.05) is 36.9 Å². The molecule has 2 unspecified atom stereocenters. The summed E-state index contributed by atoms with van der Waals surface area (Å²) in [5, 5.41) is 15.6. The van der Waals surface area contributed by atoms with Crippen LogP contribution in [0.5, 0.6) is 0 Å². The molecule has 0 saturated carbocycles. The predicted molar refractivity (Wildman–Crippen MR) is 129 cm³/mol. The number of ether oxygens (including phenoxy) is 1. The minimum Gasteiger partial charge on any atom is -0.376 e. The van der Waals surface area contributed by atoms with Crippen LogP contribution in [0.4, 0.5) is 0 Å². The van der Waals surface area contributed by atoms with Crippen LogP contribution in [0.15, 0.2) is 40.2 Å². The van der Waals surface area contributed by atoms with Gasteiger partial charge in [0.15, 0.2) is 11.8 Å². The lowest BCUT2D eigenvalue weighted by atomic mass is 10.2. The Morgan fingerprint density at radius 1 is 1.31 bits per heavy atom. The van der Waals surface area contributed by atoms with Crippen LogP contribution in [0.25, 0.3) is 0 Å². The van der Waals surface area contributed by atoms with E-state index in [1.54, 1.807) is 0 Å². The summed E-state index contributed by atoms with van der Waals surface area (Å²) >= 11 is 1.85. The van der Waals surface area contributed by atoms with Crippen LogP contribution in [-0.2, 0) is 18.3 Å². The second-order valence-electron chi connectivity index (χ2n) is 7.03. The number of hydrogen-bond donors (Lipinski definition) is 2. The monoisotopic (exact) mass is 530 g/mol. The zero-order valence-electron chi connectivity index (χ0n) is 17.3. The van der Waals surface area contributed by atoms with Crippen LogP contribution in [-0.4, -0.2) is 51.8 Å². The van der Waals surface area contributed by atoms with Gasteiger partial charge in [0.2, 0.25) is 0 Å². The summed E-state index contributed by atoms with van der Waals surface area (Å²) < 4.78 is 7.68. The standard InChI is InChI=1S/C20H30N6OS.HI/c1-15(28-18-9-5-4-6-10-18)12-21-20(22-13-17-8-7-11-27-17)23-14-19-25-24-16(2)26(19)3;/h4-6,9-10,15,17H,7-8,11-14H2,1-3H3,(H2,21,22,23);1H. The number of thioether (sulfide) groups is 1. The zero-order chi connectivity index (χ0) is 19.8. The van der Waals surface area contributed by atoms with E-state index in [4.69, 9.17) is 9.73 Å². The minimum absolute atomic E-state index is 0. The Bertz CT molecular complexity index is 764. The maximum absolute atomic E-state index is 5.72. The van der Waals surface area contributed by atoms with E-state index in [1.165, 1.54) is 4.90 Å². The molecule has 0 radical (unpaired) electrons. The number of rotatable bonds is 8. The van der Waals surface area contributed by atoms with E-state index in [0.29, 0.717) is 11.8 Å². The first-order valence-electron chi connectivity index (χ1n) is 9.82. The van der Waals surface area contributed by atoms with Crippen molar-refractivity contribution < 1.29 is 4.74 Å². The first-order valence-corrected chi connectivity index (χ1v) is 10.7. The van der Waals surface area contributed by atoms with Gasteiger partial charge in [-0.25, -0.2) is 4.99 Å². The van der Waals surface area contributed by atoms with Crippen LogP contribution in [0, 0.1) is 6.92 Å². The third kappa shape index (κ3) is 7.78. The van der Waals surface area contributed by atoms with E-state index in [0.717, 1.165) is 50.1 Å². The van der Waals surface area contributed by atoms with E-state index >= 15 is 0 Å². The third-order valence-corrected chi connectivity index (χ3v) is 5.83. The number of nitrogens with zero attached hydrogens (tertiary/aromatic N) is 4. The van der Waals surface area contributed by atoms with Gasteiger partial charge in [0.1, 0.15) is 12.4 Å². The van der Waals surface area contributed by atoms with E-state index in [9.17, 15) is 0 Å². The largest absolute Gasteiger partial charge is 0.376 e. The summed E-state index contributed by atoms with van der Waals surface area (Å²) in [5.74, 6) is 2.53. The summed E-state index contributed by atoms with van der Waals surface area (Å²) in [6.07, 6.45) is 2.50. The summed E-state index contributed by atoms with van der Waals surface area (Å²) in [5.41, 5.74) is 0. The molecule has 0 spiro atoms. The third-order valence-electron chi connectivity index (χ3n) is 4.72. The second kappa shape index (κ2) is 12.4. The van der Waals surface area contributed by atoms with Crippen LogP contribution in [0.2, 0.25) is 0 Å². The SMILES string of the molecule is Cc1nnc(CN=C(NCC2CCCO2)NCC(C)Sc2ccccc2)n1C.I. The van der Waals surface area contributed by atoms with Gasteiger partial charge >= 0.3 is 0 Å². The highest BCUT2D eigenvalue weighted by Gasteiger charge is 2.16. The summed E-state index contributed by atoms with van der Waals surface area (Å²) in [7, 11) is 1.96. The molecule has 1 aliphatic rings. The Balaban J connectivity index is 0.00000300. The molecule has 3 rings (SSSR count). The van der Waals surface area contributed by atoms with Crippen molar-refractivity contribution in [2.45, 2.75) is 49.5 Å². The van der Waals surface area contributed by atoms with E-state index in [2.05, 4.69) is 52.0 Å². The molecule has 2 atom stereocenters. The molecular weight excluding hydrogens is 499 g/mol. The van der Waals surface area contributed by atoms with Crippen molar-refractivity contribution in [1.29, 1.82) is 0 Å². The molecule has 1 aromatic carbocycles. The molecule has 0 aliphatic carbocycles. The topological polar surface area (TPSA) is 76.4 Å². The second-order valence-corrected chi connectivity index (χ2v) is 8.54. The van der Waals surface area contributed by atoms with Crippen molar-refractivity contribution in [2.24, 2.45) is 12.0 Å². The number of aliphatic imine (C=N–C) groups is 1. The normalized spacial score (nSPS) is 17.6. The fourth-order valence-electron chi connectivity index (χ4n) is 2.94. The molecule has 1 aromatic heterocycles. The molecule has 2 aromatic rings. The van der Waals surface area contributed by atoms with Gasteiger partial charge in [-0.2, -0.15) is 0 Å². The van der Waals surface area contributed by atoms with Crippen molar-refractivity contribution in [2.75, 3.05) is 19.7 Å². The lowest BCUT2D eigenvalue weighted by Crippen LogP contribution is -2.43. The van der Waals surface area contributed by atoms with Crippen molar-refractivity contribution in [3.05, 3.63) is 42.0 Å². The smallest absolute Gasteiger partial charge is 0.191 e. The highest BCUT2D eigenvalue weighted by Crippen LogP contribution is 2.21. The van der Waals surface area contributed by atoms with Crippen LogP contribution in [0.1, 0.15) is 31.4 Å². The van der Waals surface area contributed by atoms with E-state index in [1.807, 2.05) is 36.4 Å². The van der Waals surface area contributed by atoms with E-state index < -0.39 is 0 Å². The Morgan fingerprint density at radius 3 is 2.76 bits per heavy atom. The number of hydrogen-bond acceptors (Lipinski definition) is 5.